The molecule has 1 aliphatic rings. The molecule has 0 aliphatic heterocycles. The summed E-state index contributed by atoms with van der Waals surface area (Å²) in [6.45, 7) is 8.76. The van der Waals surface area contributed by atoms with Gasteiger partial charge in [0.05, 0.1) is 11.8 Å². The second kappa shape index (κ2) is 5.09. The van der Waals surface area contributed by atoms with Crippen LogP contribution in [0.3, 0.4) is 0 Å². The van der Waals surface area contributed by atoms with E-state index in [1.165, 1.54) is 11.3 Å². The highest BCUT2D eigenvalue weighted by Crippen LogP contribution is 2.44. The Morgan fingerprint density at radius 2 is 2.32 bits per heavy atom. The van der Waals surface area contributed by atoms with Crippen LogP contribution in [0, 0.1) is 12.3 Å². The fourth-order valence-electron chi connectivity index (χ4n) is 2.42. The second-order valence-corrected chi connectivity index (χ2v) is 6.44. The van der Waals surface area contributed by atoms with Crippen molar-refractivity contribution in [1.82, 2.24) is 4.98 Å². The zero-order valence-corrected chi connectivity index (χ0v) is 12.5. The molecule has 2 N–H and O–H groups in total. The lowest BCUT2D eigenvalue weighted by atomic mass is 9.64. The topological polar surface area (TPSA) is 71.5 Å². The molecule has 2 atom stereocenters. The molecule has 0 spiro atoms. The average molecular weight is 284 g/mol. The molecule has 1 saturated carbocycles. The molecule has 2 rings (SSSR count). The Hall–Kier alpha value is -1.14. The van der Waals surface area contributed by atoms with Crippen LogP contribution in [0.15, 0.2) is 0 Å². The van der Waals surface area contributed by atoms with Gasteiger partial charge in [0, 0.05) is 18.1 Å². The minimum atomic E-state index is -0.914. The Balaban J connectivity index is 2.03. The number of carboxylic acids is 1. The number of nitrogens with one attached hydrogen (secondary N) is 1. The number of carboxylic acid groups (broad SMARTS) is 1. The van der Waals surface area contributed by atoms with E-state index in [4.69, 9.17) is 9.84 Å². The molecule has 6 heteroatoms. The number of nitrogens with zero attached hydrogens (tertiary/aromatic N) is 1. The summed E-state index contributed by atoms with van der Waals surface area (Å²) in [6, 6.07) is 0.274. The van der Waals surface area contributed by atoms with Gasteiger partial charge < -0.3 is 15.2 Å². The molecule has 1 aromatic heterocycles. The van der Waals surface area contributed by atoms with E-state index in [1.54, 1.807) is 6.92 Å². The van der Waals surface area contributed by atoms with Gasteiger partial charge in [0.15, 0.2) is 5.13 Å². The Kier molecular flexibility index (Phi) is 3.82. The van der Waals surface area contributed by atoms with Crippen molar-refractivity contribution in [2.24, 2.45) is 5.41 Å². The summed E-state index contributed by atoms with van der Waals surface area (Å²) < 4.78 is 5.68. The van der Waals surface area contributed by atoms with Gasteiger partial charge >= 0.3 is 5.97 Å². The maximum Gasteiger partial charge on any atom is 0.347 e. The first-order valence-electron chi connectivity index (χ1n) is 6.45. The van der Waals surface area contributed by atoms with E-state index in [2.05, 4.69) is 24.1 Å². The molecule has 1 heterocycles. The number of hydrogen-bond acceptors (Lipinski definition) is 5. The van der Waals surface area contributed by atoms with E-state index in [-0.39, 0.29) is 17.6 Å². The largest absolute Gasteiger partial charge is 0.477 e. The zero-order chi connectivity index (χ0) is 14.2. The molecule has 0 saturated heterocycles. The minimum absolute atomic E-state index is 0.0406. The number of carbonyl (C=O) groups is 1. The first-order valence-corrected chi connectivity index (χ1v) is 7.26. The van der Waals surface area contributed by atoms with Gasteiger partial charge in [-0.25, -0.2) is 9.78 Å². The van der Waals surface area contributed by atoms with Gasteiger partial charge in [-0.15, -0.1) is 0 Å². The van der Waals surface area contributed by atoms with E-state index in [0.29, 0.717) is 15.7 Å². The summed E-state index contributed by atoms with van der Waals surface area (Å²) in [5.74, 6) is -0.914. The van der Waals surface area contributed by atoms with Gasteiger partial charge in [0.25, 0.3) is 0 Å². The van der Waals surface area contributed by atoms with E-state index < -0.39 is 5.97 Å². The highest BCUT2D eigenvalue weighted by molar-refractivity contribution is 7.17. The van der Waals surface area contributed by atoms with E-state index in [0.717, 1.165) is 13.0 Å². The van der Waals surface area contributed by atoms with Crippen LogP contribution in [-0.4, -0.2) is 34.8 Å². The van der Waals surface area contributed by atoms with E-state index in [9.17, 15) is 4.79 Å². The predicted octanol–water partition coefficient (Wildman–Crippen LogP) is 2.77. The molecule has 1 aliphatic carbocycles. The monoisotopic (exact) mass is 284 g/mol. The van der Waals surface area contributed by atoms with E-state index >= 15 is 0 Å². The van der Waals surface area contributed by atoms with Crippen molar-refractivity contribution in [3.63, 3.8) is 0 Å². The normalized spacial score (nSPS) is 24.8. The maximum atomic E-state index is 11.0. The molecule has 0 amide bonds. The zero-order valence-electron chi connectivity index (χ0n) is 11.7. The van der Waals surface area contributed by atoms with Crippen LogP contribution in [-0.2, 0) is 4.74 Å². The van der Waals surface area contributed by atoms with Crippen LogP contribution in [0.2, 0.25) is 0 Å². The molecule has 0 radical (unpaired) electrons. The van der Waals surface area contributed by atoms with Crippen molar-refractivity contribution < 1.29 is 14.6 Å². The first-order chi connectivity index (χ1) is 8.86. The van der Waals surface area contributed by atoms with Crippen LogP contribution in [0.1, 0.15) is 42.6 Å². The molecule has 0 aromatic carbocycles. The summed E-state index contributed by atoms with van der Waals surface area (Å²) in [5, 5.41) is 13.0. The number of hydrogen-bond donors (Lipinski definition) is 2. The summed E-state index contributed by atoms with van der Waals surface area (Å²) in [7, 11) is 0. The highest BCUT2D eigenvalue weighted by atomic mass is 32.1. The van der Waals surface area contributed by atoms with Crippen LogP contribution in [0.25, 0.3) is 0 Å². The fourth-order valence-corrected chi connectivity index (χ4v) is 3.28. The number of thiazole rings is 1. The molecule has 2 unspecified atom stereocenters. The molecular formula is C13H20N2O3S. The van der Waals surface area contributed by atoms with Gasteiger partial charge in [0.1, 0.15) is 4.88 Å². The number of aryl methyl sites for hydroxylation is 1. The summed E-state index contributed by atoms with van der Waals surface area (Å²) in [4.78, 5) is 15.6. The Bertz CT molecular complexity index is 484. The molecule has 1 aromatic rings. The van der Waals surface area contributed by atoms with E-state index in [1.807, 2.05) is 6.92 Å². The van der Waals surface area contributed by atoms with Crippen LogP contribution >= 0.6 is 11.3 Å². The van der Waals surface area contributed by atoms with Gasteiger partial charge in [-0.3, -0.25) is 0 Å². The third-order valence-electron chi connectivity index (χ3n) is 3.83. The fraction of sp³-hybridized carbons (Fsp3) is 0.692. The Labute approximate surface area is 117 Å². The molecular weight excluding hydrogens is 264 g/mol. The van der Waals surface area contributed by atoms with Crippen LogP contribution in [0.5, 0.6) is 0 Å². The number of anilines is 1. The lowest BCUT2D eigenvalue weighted by molar-refractivity contribution is -0.0975. The Morgan fingerprint density at radius 1 is 1.63 bits per heavy atom. The molecule has 5 nitrogen and oxygen atoms in total. The molecule has 106 valence electrons. The van der Waals surface area contributed by atoms with Crippen LogP contribution in [0.4, 0.5) is 5.13 Å². The van der Waals surface area contributed by atoms with Crippen LogP contribution < -0.4 is 5.32 Å². The Morgan fingerprint density at radius 3 is 2.79 bits per heavy atom. The number of aromatic carboxylic acids is 1. The lowest BCUT2D eigenvalue weighted by Gasteiger charge is -2.51. The molecule has 0 bridgehead atoms. The third-order valence-corrected chi connectivity index (χ3v) is 4.91. The van der Waals surface area contributed by atoms with Crippen molar-refractivity contribution in [1.29, 1.82) is 0 Å². The lowest BCUT2D eigenvalue weighted by Crippen LogP contribution is -2.58. The highest BCUT2D eigenvalue weighted by Gasteiger charge is 2.49. The molecule has 1 fully saturated rings. The number of aromatic nitrogens is 1. The smallest absolute Gasteiger partial charge is 0.347 e. The van der Waals surface area contributed by atoms with Crippen molar-refractivity contribution in [3.05, 3.63) is 10.6 Å². The van der Waals surface area contributed by atoms with Gasteiger partial charge in [-0.05, 0) is 20.3 Å². The average Bonchev–Trinajstić information content (AvgIpc) is 2.69. The third kappa shape index (κ3) is 2.60. The standard InChI is InChI=1S/C13H20N2O3S/c1-5-18-9-6-8(13(9,3)4)15-12-14-7(2)10(19-12)11(16)17/h8-9H,5-6H2,1-4H3,(H,14,15)(H,16,17). The van der Waals surface area contributed by atoms with Gasteiger partial charge in [-0.1, -0.05) is 25.2 Å². The number of rotatable bonds is 5. The van der Waals surface area contributed by atoms with Gasteiger partial charge in [-0.2, -0.15) is 0 Å². The van der Waals surface area contributed by atoms with Crippen molar-refractivity contribution in [2.75, 3.05) is 11.9 Å². The van der Waals surface area contributed by atoms with Gasteiger partial charge in [0.2, 0.25) is 0 Å². The first kappa shape index (κ1) is 14.3. The van der Waals surface area contributed by atoms with Crippen molar-refractivity contribution >= 4 is 22.4 Å². The number of ether oxygens (including phenoxy) is 1. The van der Waals surface area contributed by atoms with Crippen molar-refractivity contribution in [2.45, 2.75) is 46.3 Å². The summed E-state index contributed by atoms with van der Waals surface area (Å²) in [5.41, 5.74) is 0.609. The predicted molar refractivity (Wildman–Crippen MR) is 75.0 cm³/mol. The maximum absolute atomic E-state index is 11.0. The second-order valence-electron chi connectivity index (χ2n) is 5.44. The quantitative estimate of drug-likeness (QED) is 0.870. The summed E-state index contributed by atoms with van der Waals surface area (Å²) in [6.07, 6.45) is 1.19. The SMILES string of the molecule is CCOC1CC(Nc2nc(C)c(C(=O)O)s2)C1(C)C. The molecule has 19 heavy (non-hydrogen) atoms. The van der Waals surface area contributed by atoms with Crippen molar-refractivity contribution in [3.8, 4) is 0 Å². The minimum Gasteiger partial charge on any atom is -0.477 e. The summed E-state index contributed by atoms with van der Waals surface area (Å²) >= 11 is 1.20.